The van der Waals surface area contributed by atoms with Crippen LogP contribution in [0.5, 0.6) is 5.75 Å². The fraction of sp³-hybridized carbons (Fsp3) is 0.231. The largest absolute Gasteiger partial charge is 0.494 e. The molecule has 0 amide bonds. The molecular weight excluding hydrogens is 315 g/mol. The van der Waals surface area contributed by atoms with Crippen LogP contribution in [0.25, 0.3) is 0 Å². The topological polar surface area (TPSA) is 67.4 Å². The van der Waals surface area contributed by atoms with Gasteiger partial charge < -0.3 is 10.1 Å². The summed E-state index contributed by atoms with van der Waals surface area (Å²) in [5.74, 6) is -0.370. The van der Waals surface area contributed by atoms with Gasteiger partial charge in [0, 0.05) is 22.9 Å². The van der Waals surface area contributed by atoms with E-state index in [0.717, 1.165) is 10.9 Å². The molecule has 0 saturated carbocycles. The van der Waals surface area contributed by atoms with Crippen molar-refractivity contribution in [2.24, 2.45) is 0 Å². The molecule has 1 aromatic carbocycles. The maximum absolute atomic E-state index is 13.1. The Balaban J connectivity index is 2.28. The Labute approximate surface area is 126 Å². The summed E-state index contributed by atoms with van der Waals surface area (Å²) in [5, 5.41) is 4.52. The van der Waals surface area contributed by atoms with Gasteiger partial charge in [0.25, 0.3) is 10.0 Å². The third kappa shape index (κ3) is 3.72. The van der Waals surface area contributed by atoms with Crippen LogP contribution in [0.1, 0.15) is 4.88 Å². The molecule has 0 fully saturated rings. The number of halogens is 1. The standard InChI is InChI=1S/C13H15FN2O3S2/c1-15-7-10-6-11(8-20-10)21(17,18)16-12-4-3-9(14)5-13(12)19-2/h3-6,8,15-16H,7H2,1-2H3. The highest BCUT2D eigenvalue weighted by molar-refractivity contribution is 7.92. The fourth-order valence-corrected chi connectivity index (χ4v) is 4.08. The van der Waals surface area contributed by atoms with Crippen molar-refractivity contribution in [1.82, 2.24) is 5.32 Å². The number of anilines is 1. The van der Waals surface area contributed by atoms with Crippen LogP contribution in [-0.2, 0) is 16.6 Å². The number of hydrogen-bond acceptors (Lipinski definition) is 5. The summed E-state index contributed by atoms with van der Waals surface area (Å²) in [6, 6.07) is 5.21. The van der Waals surface area contributed by atoms with Crippen molar-refractivity contribution >= 4 is 27.0 Å². The van der Waals surface area contributed by atoms with Crippen LogP contribution in [-0.4, -0.2) is 22.6 Å². The second-order valence-corrected chi connectivity index (χ2v) is 6.91. The zero-order valence-corrected chi connectivity index (χ0v) is 13.1. The molecule has 2 rings (SSSR count). The Morgan fingerprint density at radius 1 is 1.33 bits per heavy atom. The highest BCUT2D eigenvalue weighted by Gasteiger charge is 2.18. The van der Waals surface area contributed by atoms with Gasteiger partial charge in [-0.3, -0.25) is 4.72 Å². The van der Waals surface area contributed by atoms with Gasteiger partial charge in [-0.2, -0.15) is 0 Å². The Hall–Kier alpha value is -1.64. The molecule has 21 heavy (non-hydrogen) atoms. The highest BCUT2D eigenvalue weighted by Crippen LogP contribution is 2.28. The van der Waals surface area contributed by atoms with Gasteiger partial charge in [-0.1, -0.05) is 0 Å². The quantitative estimate of drug-likeness (QED) is 0.853. The van der Waals surface area contributed by atoms with Crippen molar-refractivity contribution in [1.29, 1.82) is 0 Å². The molecule has 0 radical (unpaired) electrons. The minimum Gasteiger partial charge on any atom is -0.494 e. The van der Waals surface area contributed by atoms with E-state index in [1.165, 1.54) is 30.6 Å². The van der Waals surface area contributed by atoms with Crippen LogP contribution >= 0.6 is 11.3 Å². The molecule has 0 aliphatic carbocycles. The molecule has 0 saturated heterocycles. The monoisotopic (exact) mass is 330 g/mol. The second-order valence-electron chi connectivity index (χ2n) is 4.23. The van der Waals surface area contributed by atoms with Gasteiger partial charge in [-0.15, -0.1) is 11.3 Å². The minimum absolute atomic E-state index is 0.129. The van der Waals surface area contributed by atoms with Crippen molar-refractivity contribution in [3.05, 3.63) is 40.3 Å². The molecule has 0 aliphatic heterocycles. The number of hydrogen-bond donors (Lipinski definition) is 2. The van der Waals surface area contributed by atoms with Crippen molar-refractivity contribution in [3.8, 4) is 5.75 Å². The van der Waals surface area contributed by atoms with Crippen molar-refractivity contribution < 1.29 is 17.5 Å². The number of thiophene rings is 1. The number of benzene rings is 1. The molecule has 0 unspecified atom stereocenters. The maximum atomic E-state index is 13.1. The first kappa shape index (κ1) is 15.7. The molecule has 8 heteroatoms. The van der Waals surface area contributed by atoms with Gasteiger partial charge in [-0.05, 0) is 25.2 Å². The lowest BCUT2D eigenvalue weighted by molar-refractivity contribution is 0.413. The predicted octanol–water partition coefficient (Wildman–Crippen LogP) is 2.42. The average Bonchev–Trinajstić information content (AvgIpc) is 2.90. The molecule has 0 aliphatic rings. The van der Waals surface area contributed by atoms with E-state index in [0.29, 0.717) is 6.54 Å². The van der Waals surface area contributed by atoms with E-state index in [9.17, 15) is 12.8 Å². The summed E-state index contributed by atoms with van der Waals surface area (Å²) in [4.78, 5) is 1.08. The zero-order chi connectivity index (χ0) is 15.5. The van der Waals surface area contributed by atoms with E-state index in [4.69, 9.17) is 4.74 Å². The molecule has 2 N–H and O–H groups in total. The molecule has 2 aromatic rings. The lowest BCUT2D eigenvalue weighted by atomic mass is 10.3. The van der Waals surface area contributed by atoms with Crippen LogP contribution in [0.4, 0.5) is 10.1 Å². The van der Waals surface area contributed by atoms with Gasteiger partial charge in [0.15, 0.2) is 0 Å². The Kier molecular flexibility index (Phi) is 4.81. The first-order chi connectivity index (χ1) is 9.96. The lowest BCUT2D eigenvalue weighted by Crippen LogP contribution is -2.13. The SMILES string of the molecule is CNCc1cc(S(=O)(=O)Nc2ccc(F)cc2OC)cs1. The third-order valence-corrected chi connectivity index (χ3v) is 5.13. The predicted molar refractivity (Wildman–Crippen MR) is 80.8 cm³/mol. The first-order valence-electron chi connectivity index (χ1n) is 6.04. The second kappa shape index (κ2) is 6.42. The van der Waals surface area contributed by atoms with E-state index in [1.54, 1.807) is 18.5 Å². The Morgan fingerprint density at radius 2 is 2.10 bits per heavy atom. The van der Waals surface area contributed by atoms with E-state index >= 15 is 0 Å². The van der Waals surface area contributed by atoms with Crippen molar-refractivity contribution in [3.63, 3.8) is 0 Å². The summed E-state index contributed by atoms with van der Waals surface area (Å²) < 4.78 is 45.1. The Morgan fingerprint density at radius 3 is 2.76 bits per heavy atom. The zero-order valence-electron chi connectivity index (χ0n) is 11.5. The number of rotatable bonds is 6. The van der Waals surface area contributed by atoms with Crippen LogP contribution in [0.15, 0.2) is 34.5 Å². The lowest BCUT2D eigenvalue weighted by Gasteiger charge is -2.10. The highest BCUT2D eigenvalue weighted by atomic mass is 32.2. The number of methoxy groups -OCH3 is 1. The van der Waals surface area contributed by atoms with E-state index < -0.39 is 15.8 Å². The summed E-state index contributed by atoms with van der Waals surface area (Å²) in [5.41, 5.74) is 0.195. The smallest absolute Gasteiger partial charge is 0.262 e. The van der Waals surface area contributed by atoms with Crippen LogP contribution < -0.4 is 14.8 Å². The van der Waals surface area contributed by atoms with Crippen LogP contribution in [0.3, 0.4) is 0 Å². The first-order valence-corrected chi connectivity index (χ1v) is 8.41. The normalized spacial score (nSPS) is 11.4. The molecule has 0 bridgehead atoms. The van der Waals surface area contributed by atoms with E-state index in [1.807, 2.05) is 0 Å². The van der Waals surface area contributed by atoms with Gasteiger partial charge in [-0.25, -0.2) is 12.8 Å². The van der Waals surface area contributed by atoms with Crippen LogP contribution in [0.2, 0.25) is 0 Å². The molecular formula is C13H15FN2O3S2. The van der Waals surface area contributed by atoms with E-state index in [2.05, 4.69) is 10.0 Å². The average molecular weight is 330 g/mol. The van der Waals surface area contributed by atoms with Crippen molar-refractivity contribution in [2.75, 3.05) is 18.9 Å². The minimum atomic E-state index is -3.73. The van der Waals surface area contributed by atoms with Crippen molar-refractivity contribution in [2.45, 2.75) is 11.4 Å². The van der Waals surface area contributed by atoms with Gasteiger partial charge >= 0.3 is 0 Å². The molecule has 5 nitrogen and oxygen atoms in total. The summed E-state index contributed by atoms with van der Waals surface area (Å²) in [6.07, 6.45) is 0. The summed E-state index contributed by atoms with van der Waals surface area (Å²) in [7, 11) is -0.589. The molecule has 0 spiro atoms. The summed E-state index contributed by atoms with van der Waals surface area (Å²) in [6.45, 7) is 0.597. The van der Waals surface area contributed by atoms with Gasteiger partial charge in [0.05, 0.1) is 17.7 Å². The Bertz CT molecular complexity index is 729. The molecule has 1 aromatic heterocycles. The van der Waals surface area contributed by atoms with Crippen LogP contribution in [0, 0.1) is 5.82 Å². The van der Waals surface area contributed by atoms with E-state index in [-0.39, 0.29) is 16.3 Å². The maximum Gasteiger partial charge on any atom is 0.262 e. The molecule has 0 atom stereocenters. The molecule has 114 valence electrons. The fourth-order valence-electron chi connectivity index (χ4n) is 1.72. The summed E-state index contributed by atoms with van der Waals surface area (Å²) >= 11 is 1.35. The number of ether oxygens (including phenoxy) is 1. The molecule has 1 heterocycles. The number of nitrogens with one attached hydrogen (secondary N) is 2. The third-order valence-electron chi connectivity index (χ3n) is 2.70. The van der Waals surface area contributed by atoms with Gasteiger partial charge in [0.1, 0.15) is 11.6 Å². The van der Waals surface area contributed by atoms with Gasteiger partial charge in [0.2, 0.25) is 0 Å². The number of sulfonamides is 1.